The van der Waals surface area contributed by atoms with E-state index in [9.17, 15) is 13.2 Å². The molecule has 0 fully saturated rings. The Morgan fingerprint density at radius 3 is 2.52 bits per heavy atom. The Balaban J connectivity index is 1.79. The van der Waals surface area contributed by atoms with E-state index in [4.69, 9.17) is 9.88 Å². The summed E-state index contributed by atoms with van der Waals surface area (Å²) in [6.07, 6.45) is -0.0474. The van der Waals surface area contributed by atoms with Gasteiger partial charge in [-0.15, -0.1) is 11.3 Å². The zero-order valence-electron chi connectivity index (χ0n) is 11.0. The Morgan fingerprint density at radius 2 is 1.90 bits per heavy atom. The van der Waals surface area contributed by atoms with Gasteiger partial charge in [0.25, 0.3) is 0 Å². The lowest BCUT2D eigenvalue weighted by Gasteiger charge is -2.05. The number of carbonyl (C=O) groups is 1. The summed E-state index contributed by atoms with van der Waals surface area (Å²) in [5.74, 6) is 0.461. The minimum atomic E-state index is -3.66. The van der Waals surface area contributed by atoms with Crippen LogP contribution in [0.5, 0.6) is 5.75 Å². The minimum absolute atomic E-state index is 0.115. The number of hydrogen-bond acceptors (Lipinski definition) is 5. The number of primary sulfonamides is 1. The molecule has 8 heteroatoms. The molecule has 21 heavy (non-hydrogen) atoms. The third kappa shape index (κ3) is 4.85. The Hall–Kier alpha value is -1.90. The van der Waals surface area contributed by atoms with Crippen LogP contribution >= 0.6 is 11.3 Å². The summed E-state index contributed by atoms with van der Waals surface area (Å²) < 4.78 is 27.4. The predicted octanol–water partition coefficient (Wildman–Crippen LogP) is 1.73. The zero-order chi connectivity index (χ0) is 15.3. The highest BCUT2D eigenvalue weighted by Gasteiger charge is 2.11. The number of rotatable bonds is 5. The molecule has 0 aliphatic carbocycles. The zero-order valence-corrected chi connectivity index (χ0v) is 12.6. The van der Waals surface area contributed by atoms with Crippen molar-refractivity contribution in [3.63, 3.8) is 0 Å². The largest absolute Gasteiger partial charge is 0.412 e. The van der Waals surface area contributed by atoms with E-state index in [2.05, 4.69) is 5.32 Å². The van der Waals surface area contributed by atoms with E-state index >= 15 is 0 Å². The summed E-state index contributed by atoms with van der Waals surface area (Å²) in [5, 5.41) is 7.62. The molecular weight excluding hydrogens is 312 g/mol. The maximum absolute atomic E-state index is 11.5. The van der Waals surface area contributed by atoms with Crippen molar-refractivity contribution in [2.75, 3.05) is 6.54 Å². The van der Waals surface area contributed by atoms with Gasteiger partial charge >= 0.3 is 6.09 Å². The van der Waals surface area contributed by atoms with Gasteiger partial charge in [-0.1, -0.05) is 18.2 Å². The minimum Gasteiger partial charge on any atom is -0.410 e. The van der Waals surface area contributed by atoms with E-state index in [1.54, 1.807) is 30.3 Å². The number of ether oxygens (including phenoxy) is 1. The molecule has 2 rings (SSSR count). The van der Waals surface area contributed by atoms with Crippen LogP contribution in [0.2, 0.25) is 0 Å². The first-order valence-corrected chi connectivity index (χ1v) is 8.44. The van der Waals surface area contributed by atoms with Gasteiger partial charge in [0, 0.05) is 11.4 Å². The summed E-state index contributed by atoms with van der Waals surface area (Å²) in [6.45, 7) is 0.343. The number of benzene rings is 1. The van der Waals surface area contributed by atoms with Crippen LogP contribution in [0.3, 0.4) is 0 Å². The quantitative estimate of drug-likeness (QED) is 0.874. The molecule has 0 aliphatic rings. The van der Waals surface area contributed by atoms with Crippen molar-refractivity contribution in [1.29, 1.82) is 0 Å². The van der Waals surface area contributed by atoms with Gasteiger partial charge in [0.05, 0.1) is 0 Å². The lowest BCUT2D eigenvalue weighted by Crippen LogP contribution is -2.28. The molecule has 1 aromatic carbocycles. The van der Waals surface area contributed by atoms with Crippen molar-refractivity contribution in [2.24, 2.45) is 5.14 Å². The smallest absolute Gasteiger partial charge is 0.410 e. The van der Waals surface area contributed by atoms with Crippen molar-refractivity contribution < 1.29 is 17.9 Å². The molecule has 0 saturated heterocycles. The highest BCUT2D eigenvalue weighted by atomic mass is 32.2. The van der Waals surface area contributed by atoms with Crippen molar-refractivity contribution in [3.05, 3.63) is 47.3 Å². The summed E-state index contributed by atoms with van der Waals surface area (Å²) in [6, 6.07) is 11.8. The van der Waals surface area contributed by atoms with E-state index in [1.807, 2.05) is 6.07 Å². The van der Waals surface area contributed by atoms with E-state index < -0.39 is 16.1 Å². The lowest BCUT2D eigenvalue weighted by molar-refractivity contribution is 0.200. The average molecular weight is 326 g/mol. The van der Waals surface area contributed by atoms with Crippen LogP contribution in [0, 0.1) is 0 Å². The molecule has 6 nitrogen and oxygen atoms in total. The summed E-state index contributed by atoms with van der Waals surface area (Å²) >= 11 is 1.09. The number of carbonyl (C=O) groups excluding carboxylic acids is 1. The van der Waals surface area contributed by atoms with E-state index in [0.717, 1.165) is 16.2 Å². The number of sulfonamides is 1. The van der Waals surface area contributed by atoms with Crippen LogP contribution < -0.4 is 15.2 Å². The van der Waals surface area contributed by atoms with E-state index in [1.165, 1.54) is 6.07 Å². The molecule has 0 spiro atoms. The van der Waals surface area contributed by atoms with Crippen LogP contribution in [0.4, 0.5) is 4.79 Å². The van der Waals surface area contributed by atoms with E-state index in [0.29, 0.717) is 18.7 Å². The molecule has 1 aromatic heterocycles. The Morgan fingerprint density at radius 1 is 1.19 bits per heavy atom. The standard InChI is InChI=1S/C13H14N2O4S2/c14-21(17,18)12-7-6-11(20-12)8-9-15-13(16)19-10-4-2-1-3-5-10/h1-7H,8-9H2,(H,15,16)(H2,14,17,18). The van der Waals surface area contributed by atoms with E-state index in [-0.39, 0.29) is 4.21 Å². The topological polar surface area (TPSA) is 98.5 Å². The summed E-state index contributed by atoms with van der Waals surface area (Å²) in [4.78, 5) is 12.3. The first-order chi connectivity index (χ1) is 9.95. The maximum atomic E-state index is 11.5. The monoisotopic (exact) mass is 326 g/mol. The van der Waals surface area contributed by atoms with Gasteiger partial charge in [-0.25, -0.2) is 18.4 Å². The van der Waals surface area contributed by atoms with Gasteiger partial charge in [-0.3, -0.25) is 0 Å². The van der Waals surface area contributed by atoms with Gasteiger partial charge in [0.2, 0.25) is 10.0 Å². The van der Waals surface area contributed by atoms with Crippen molar-refractivity contribution >= 4 is 27.5 Å². The second-order valence-corrected chi connectivity index (χ2v) is 7.10. The first kappa shape index (κ1) is 15.5. The number of nitrogens with one attached hydrogen (secondary N) is 1. The first-order valence-electron chi connectivity index (χ1n) is 6.07. The second-order valence-electron chi connectivity index (χ2n) is 4.15. The SMILES string of the molecule is NS(=O)(=O)c1ccc(CCNC(=O)Oc2ccccc2)s1. The van der Waals surface area contributed by atoms with Crippen LogP contribution in [0.25, 0.3) is 0 Å². The molecule has 0 atom stereocenters. The van der Waals surface area contributed by atoms with Crippen molar-refractivity contribution in [2.45, 2.75) is 10.6 Å². The normalized spacial score (nSPS) is 11.1. The number of nitrogens with two attached hydrogens (primary N) is 1. The third-order valence-corrected chi connectivity index (χ3v) is 5.10. The van der Waals surface area contributed by atoms with Gasteiger partial charge < -0.3 is 10.1 Å². The molecule has 3 N–H and O–H groups in total. The average Bonchev–Trinajstić information content (AvgIpc) is 2.88. The molecule has 0 radical (unpaired) electrons. The van der Waals surface area contributed by atoms with Crippen molar-refractivity contribution in [1.82, 2.24) is 5.32 Å². The van der Waals surface area contributed by atoms with Crippen LogP contribution in [0.15, 0.2) is 46.7 Å². The fraction of sp³-hybridized carbons (Fsp3) is 0.154. The molecule has 2 aromatic rings. The molecule has 0 saturated carbocycles. The Bertz CT molecular complexity index is 711. The molecule has 0 aliphatic heterocycles. The van der Waals surface area contributed by atoms with Crippen LogP contribution in [-0.2, 0) is 16.4 Å². The number of thiophene rings is 1. The molecule has 0 unspecified atom stereocenters. The summed E-state index contributed by atoms with van der Waals surface area (Å²) in [7, 11) is -3.66. The van der Waals surface area contributed by atoms with Crippen LogP contribution in [0.1, 0.15) is 4.88 Å². The molecule has 1 heterocycles. The fourth-order valence-corrected chi connectivity index (χ4v) is 3.34. The molecule has 1 amide bonds. The lowest BCUT2D eigenvalue weighted by atomic mass is 10.3. The molecular formula is C13H14N2O4S2. The Kier molecular flexibility index (Phi) is 4.94. The van der Waals surface area contributed by atoms with Gasteiger partial charge in [-0.2, -0.15) is 0 Å². The van der Waals surface area contributed by atoms with Crippen LogP contribution in [-0.4, -0.2) is 21.1 Å². The Labute approximate surface area is 126 Å². The predicted molar refractivity (Wildman–Crippen MR) is 79.9 cm³/mol. The molecule has 0 bridgehead atoms. The molecule has 112 valence electrons. The number of para-hydroxylation sites is 1. The third-order valence-electron chi connectivity index (χ3n) is 2.51. The van der Waals surface area contributed by atoms with Gasteiger partial charge in [-0.05, 0) is 30.7 Å². The second kappa shape index (κ2) is 6.70. The number of hydrogen-bond donors (Lipinski definition) is 2. The van der Waals surface area contributed by atoms with Gasteiger partial charge in [0.1, 0.15) is 9.96 Å². The highest BCUT2D eigenvalue weighted by molar-refractivity contribution is 7.91. The van der Waals surface area contributed by atoms with Crippen molar-refractivity contribution in [3.8, 4) is 5.75 Å². The fourth-order valence-electron chi connectivity index (χ4n) is 1.56. The van der Waals surface area contributed by atoms with Gasteiger partial charge in [0.15, 0.2) is 0 Å². The summed E-state index contributed by atoms with van der Waals surface area (Å²) in [5.41, 5.74) is 0. The highest BCUT2D eigenvalue weighted by Crippen LogP contribution is 2.20. The number of amides is 1. The maximum Gasteiger partial charge on any atom is 0.412 e.